The molecule has 2 fully saturated rings. The Hall–Kier alpha value is -3.43. The maximum absolute atomic E-state index is 13.9. The van der Waals surface area contributed by atoms with Crippen molar-refractivity contribution in [3.05, 3.63) is 63.1 Å². The average Bonchev–Trinajstić information content (AvgIpc) is 3.60. The predicted molar refractivity (Wildman–Crippen MR) is 110 cm³/mol. The summed E-state index contributed by atoms with van der Waals surface area (Å²) in [5.74, 6) is -3.57. The van der Waals surface area contributed by atoms with E-state index in [0.717, 1.165) is 38.2 Å². The molecule has 0 radical (unpaired) electrons. The van der Waals surface area contributed by atoms with Gasteiger partial charge in [0.05, 0.1) is 0 Å². The van der Waals surface area contributed by atoms with Crippen molar-refractivity contribution in [1.29, 1.82) is 0 Å². The van der Waals surface area contributed by atoms with Crippen LogP contribution >= 0.6 is 0 Å². The Labute approximate surface area is 182 Å². The van der Waals surface area contributed by atoms with E-state index in [2.05, 4.69) is 5.32 Å². The van der Waals surface area contributed by atoms with Crippen LogP contribution in [0.2, 0.25) is 0 Å². The molecule has 1 saturated carbocycles. The first-order valence-electron chi connectivity index (χ1n) is 10.7. The maximum atomic E-state index is 13.9. The molecule has 1 atom stereocenters. The molecule has 32 heavy (non-hydrogen) atoms. The van der Waals surface area contributed by atoms with Crippen LogP contribution in [0.3, 0.4) is 0 Å². The highest BCUT2D eigenvalue weighted by molar-refractivity contribution is 5.99. The monoisotopic (exact) mass is 444 g/mol. The smallest absolute Gasteiger partial charge is 0.278 e. The normalized spacial score (nSPS) is 20.1. The number of aromatic hydroxyl groups is 1. The molecule has 2 N–H and O–H groups in total. The average molecular weight is 444 g/mol. The number of pyridine rings is 1. The Morgan fingerprint density at radius 2 is 1.94 bits per heavy atom. The molecule has 0 bridgehead atoms. The van der Waals surface area contributed by atoms with Crippen LogP contribution in [0.25, 0.3) is 0 Å². The first-order chi connectivity index (χ1) is 15.4. The minimum atomic E-state index is -0.965. The molecule has 2 aromatic rings. The van der Waals surface area contributed by atoms with E-state index >= 15 is 0 Å². The number of halogens is 2. The van der Waals surface area contributed by atoms with Gasteiger partial charge in [0.1, 0.15) is 23.4 Å². The van der Waals surface area contributed by atoms with Crippen molar-refractivity contribution in [3.63, 3.8) is 0 Å². The topological polar surface area (TPSA) is 94.9 Å². The van der Waals surface area contributed by atoms with E-state index in [0.29, 0.717) is 12.6 Å². The summed E-state index contributed by atoms with van der Waals surface area (Å²) in [6.07, 6.45) is 5.45. The Morgan fingerprint density at radius 3 is 2.66 bits per heavy atom. The van der Waals surface area contributed by atoms with E-state index in [1.54, 1.807) is 4.90 Å². The fourth-order valence-corrected chi connectivity index (χ4v) is 4.54. The van der Waals surface area contributed by atoms with Crippen LogP contribution in [-0.4, -0.2) is 45.2 Å². The highest BCUT2D eigenvalue weighted by Crippen LogP contribution is 2.37. The number of hydrogen-bond donors (Lipinski definition) is 2. The second kappa shape index (κ2) is 7.61. The van der Waals surface area contributed by atoms with Crippen molar-refractivity contribution in [3.8, 4) is 5.75 Å². The van der Waals surface area contributed by atoms with Gasteiger partial charge in [-0.1, -0.05) is 6.07 Å². The third kappa shape index (κ3) is 3.30. The maximum Gasteiger partial charge on any atom is 0.278 e. The van der Waals surface area contributed by atoms with Gasteiger partial charge < -0.3 is 15.3 Å². The first-order valence-corrected chi connectivity index (χ1v) is 10.7. The molecule has 0 spiro atoms. The third-order valence-corrected chi connectivity index (χ3v) is 6.28. The van der Waals surface area contributed by atoms with E-state index in [1.165, 1.54) is 16.9 Å². The molecule has 1 saturated heterocycles. The molecule has 3 heterocycles. The molecular formula is C22H22F2N4O4. The SMILES string of the molecule is O=C(NCc1ccc(F)cc1F)c1cn2c(c(O)c1=O)C(=O)N(C1CC1)[C@@H]1CCCCN12. The standard InChI is InChI=1S/C22H22F2N4O4/c23-13-5-4-12(16(24)9-13)10-25-21(31)15-11-27-18(20(30)19(15)29)22(32)28(14-6-7-14)17-3-1-2-8-26(17)27/h4-5,9,11,14,17,30H,1-3,6-8,10H2,(H,25,31)/t17-/m1/s1. The fourth-order valence-electron chi connectivity index (χ4n) is 4.54. The molecule has 1 aliphatic carbocycles. The molecule has 10 heteroatoms. The van der Waals surface area contributed by atoms with E-state index in [4.69, 9.17) is 0 Å². The first kappa shape index (κ1) is 20.5. The lowest BCUT2D eigenvalue weighted by atomic mass is 10.0. The quantitative estimate of drug-likeness (QED) is 0.751. The highest BCUT2D eigenvalue weighted by Gasteiger charge is 2.47. The van der Waals surface area contributed by atoms with Gasteiger partial charge in [-0.25, -0.2) is 8.78 Å². The largest absolute Gasteiger partial charge is 0.502 e. The Kier molecular flexibility index (Phi) is 4.87. The number of carbonyl (C=O) groups is 2. The van der Waals surface area contributed by atoms with Gasteiger partial charge in [-0.3, -0.25) is 24.1 Å². The Balaban J connectivity index is 1.49. The number of aromatic nitrogens is 1. The minimum absolute atomic E-state index is 0.0494. The van der Waals surface area contributed by atoms with Crippen LogP contribution in [-0.2, 0) is 6.54 Å². The molecule has 0 unspecified atom stereocenters. The molecule has 2 aliphatic heterocycles. The van der Waals surface area contributed by atoms with Crippen molar-refractivity contribution in [2.45, 2.75) is 50.9 Å². The van der Waals surface area contributed by atoms with Crippen LogP contribution in [0.15, 0.2) is 29.2 Å². The van der Waals surface area contributed by atoms with Crippen molar-refractivity contribution in [2.75, 3.05) is 11.6 Å². The molecule has 1 aromatic heterocycles. The van der Waals surface area contributed by atoms with Crippen molar-refractivity contribution >= 4 is 11.8 Å². The van der Waals surface area contributed by atoms with Gasteiger partial charge in [0.15, 0.2) is 11.4 Å². The summed E-state index contributed by atoms with van der Waals surface area (Å²) in [7, 11) is 0. The second-order valence-corrected chi connectivity index (χ2v) is 8.42. The number of nitrogens with zero attached hydrogens (tertiary/aromatic N) is 3. The number of piperidine rings is 1. The van der Waals surface area contributed by atoms with E-state index in [1.807, 2.05) is 5.01 Å². The lowest BCUT2D eigenvalue weighted by Crippen LogP contribution is -2.63. The van der Waals surface area contributed by atoms with Gasteiger partial charge in [-0.05, 0) is 38.2 Å². The second-order valence-electron chi connectivity index (χ2n) is 8.42. The molecule has 5 rings (SSSR count). The predicted octanol–water partition coefficient (Wildman–Crippen LogP) is 1.83. The van der Waals surface area contributed by atoms with E-state index in [-0.39, 0.29) is 35.6 Å². The molecule has 2 amide bonds. The summed E-state index contributed by atoms with van der Waals surface area (Å²) >= 11 is 0. The summed E-state index contributed by atoms with van der Waals surface area (Å²) in [5, 5.41) is 15.0. The highest BCUT2D eigenvalue weighted by atomic mass is 19.1. The lowest BCUT2D eigenvalue weighted by molar-refractivity contribution is 0.0495. The third-order valence-electron chi connectivity index (χ3n) is 6.28. The van der Waals surface area contributed by atoms with Crippen LogP contribution in [0.4, 0.5) is 8.78 Å². The van der Waals surface area contributed by atoms with Crippen LogP contribution < -0.4 is 15.8 Å². The molecule has 168 valence electrons. The van der Waals surface area contributed by atoms with E-state index in [9.17, 15) is 28.3 Å². The Bertz CT molecular complexity index is 1180. The lowest BCUT2D eigenvalue weighted by Gasteiger charge is -2.49. The number of rotatable bonds is 4. The Morgan fingerprint density at radius 1 is 1.16 bits per heavy atom. The zero-order valence-corrected chi connectivity index (χ0v) is 17.2. The van der Waals surface area contributed by atoms with Crippen LogP contribution in [0, 0.1) is 11.6 Å². The van der Waals surface area contributed by atoms with Gasteiger partial charge in [-0.15, -0.1) is 0 Å². The van der Waals surface area contributed by atoms with Crippen molar-refractivity contribution in [2.24, 2.45) is 0 Å². The number of benzene rings is 1. The molecule has 3 aliphatic rings. The number of fused-ring (bicyclic) bond motifs is 3. The number of carbonyl (C=O) groups excluding carboxylic acids is 2. The molecule has 8 nitrogen and oxygen atoms in total. The van der Waals surface area contributed by atoms with E-state index < -0.39 is 34.6 Å². The van der Waals surface area contributed by atoms with Crippen molar-refractivity contribution < 1.29 is 23.5 Å². The molecule has 1 aromatic carbocycles. The molecular weight excluding hydrogens is 422 g/mol. The number of nitrogens with one attached hydrogen (secondary N) is 1. The van der Waals surface area contributed by atoms with Crippen LogP contribution in [0.5, 0.6) is 5.75 Å². The zero-order valence-electron chi connectivity index (χ0n) is 17.2. The zero-order chi connectivity index (χ0) is 22.6. The summed E-state index contributed by atoms with van der Waals surface area (Å²) < 4.78 is 28.4. The van der Waals surface area contributed by atoms with Crippen LogP contribution in [0.1, 0.15) is 58.5 Å². The van der Waals surface area contributed by atoms with Gasteiger partial charge in [-0.2, -0.15) is 0 Å². The van der Waals surface area contributed by atoms with Gasteiger partial charge in [0, 0.05) is 37.0 Å². The van der Waals surface area contributed by atoms with Crippen molar-refractivity contribution in [1.82, 2.24) is 14.9 Å². The summed E-state index contributed by atoms with van der Waals surface area (Å²) in [6.45, 7) is 0.339. The number of amides is 2. The summed E-state index contributed by atoms with van der Waals surface area (Å²) in [6, 6.07) is 3.07. The summed E-state index contributed by atoms with van der Waals surface area (Å²) in [4.78, 5) is 40.4. The summed E-state index contributed by atoms with van der Waals surface area (Å²) in [5.41, 5.74) is -1.41. The van der Waals surface area contributed by atoms with Gasteiger partial charge >= 0.3 is 0 Å². The fraction of sp³-hybridized carbons (Fsp3) is 0.409. The number of hydrogen-bond acceptors (Lipinski definition) is 5. The minimum Gasteiger partial charge on any atom is -0.502 e. The van der Waals surface area contributed by atoms with Gasteiger partial charge in [0.2, 0.25) is 5.43 Å². The van der Waals surface area contributed by atoms with Gasteiger partial charge in [0.25, 0.3) is 11.8 Å².